The summed E-state index contributed by atoms with van der Waals surface area (Å²) in [5.41, 5.74) is 4.29. The Kier molecular flexibility index (Phi) is 5.36. The fraction of sp³-hybridized carbons (Fsp3) is 0.217. The summed E-state index contributed by atoms with van der Waals surface area (Å²) in [6, 6.07) is 14.2. The van der Waals surface area contributed by atoms with E-state index in [0.717, 1.165) is 49.9 Å². The molecule has 0 atom stereocenters. The Balaban J connectivity index is 1.83. The second-order valence-corrected chi connectivity index (χ2v) is 7.92. The standard InChI is InChI=1S/C23H23N3O2S/c1-5-28-17-9-7-16(8-10-17)20-15(3)29-23-21(20)22(24-13-25-23)26-18-12-14(2)6-11-19(18)27-4/h6-13H,5H2,1-4H3,(H,24,25,26). The number of rotatable bonds is 6. The summed E-state index contributed by atoms with van der Waals surface area (Å²) in [5.74, 6) is 2.41. The van der Waals surface area contributed by atoms with E-state index in [-0.39, 0.29) is 0 Å². The van der Waals surface area contributed by atoms with Crippen LogP contribution in [-0.2, 0) is 0 Å². The number of ether oxygens (including phenoxy) is 2. The van der Waals surface area contributed by atoms with Crippen LogP contribution in [0.25, 0.3) is 21.3 Å². The summed E-state index contributed by atoms with van der Waals surface area (Å²) in [7, 11) is 1.67. The number of benzene rings is 2. The number of thiophene rings is 1. The lowest BCUT2D eigenvalue weighted by molar-refractivity contribution is 0.340. The Morgan fingerprint density at radius 3 is 2.55 bits per heavy atom. The van der Waals surface area contributed by atoms with E-state index in [1.807, 2.05) is 31.2 Å². The van der Waals surface area contributed by atoms with Crippen LogP contribution in [-0.4, -0.2) is 23.7 Å². The Labute approximate surface area is 174 Å². The highest BCUT2D eigenvalue weighted by atomic mass is 32.1. The van der Waals surface area contributed by atoms with Gasteiger partial charge in [0, 0.05) is 10.4 Å². The number of methoxy groups -OCH3 is 1. The first-order valence-corrected chi connectivity index (χ1v) is 10.3. The lowest BCUT2D eigenvalue weighted by Gasteiger charge is -2.13. The first-order chi connectivity index (χ1) is 14.1. The summed E-state index contributed by atoms with van der Waals surface area (Å²) in [6.45, 7) is 6.81. The number of nitrogens with one attached hydrogen (secondary N) is 1. The zero-order valence-corrected chi connectivity index (χ0v) is 17.8. The van der Waals surface area contributed by atoms with Crippen molar-refractivity contribution in [3.8, 4) is 22.6 Å². The second-order valence-electron chi connectivity index (χ2n) is 6.72. The third kappa shape index (κ3) is 3.76. The summed E-state index contributed by atoms with van der Waals surface area (Å²) >= 11 is 1.67. The van der Waals surface area contributed by atoms with Gasteiger partial charge in [0.2, 0.25) is 0 Å². The Morgan fingerprint density at radius 2 is 1.83 bits per heavy atom. The van der Waals surface area contributed by atoms with Crippen molar-refractivity contribution < 1.29 is 9.47 Å². The summed E-state index contributed by atoms with van der Waals surface area (Å²) in [5, 5.41) is 4.48. The minimum atomic E-state index is 0.653. The maximum Gasteiger partial charge on any atom is 0.143 e. The summed E-state index contributed by atoms with van der Waals surface area (Å²) < 4.78 is 11.1. The van der Waals surface area contributed by atoms with Crippen molar-refractivity contribution in [3.63, 3.8) is 0 Å². The average molecular weight is 406 g/mol. The van der Waals surface area contributed by atoms with Gasteiger partial charge in [-0.3, -0.25) is 0 Å². The van der Waals surface area contributed by atoms with E-state index in [9.17, 15) is 0 Å². The highest BCUT2D eigenvalue weighted by Crippen LogP contribution is 2.42. The number of aromatic nitrogens is 2. The number of aryl methyl sites for hydroxylation is 2. The van der Waals surface area contributed by atoms with Gasteiger partial charge in [-0.2, -0.15) is 0 Å². The van der Waals surface area contributed by atoms with Crippen molar-refractivity contribution in [2.24, 2.45) is 0 Å². The third-order valence-electron chi connectivity index (χ3n) is 4.73. The molecule has 0 saturated heterocycles. The minimum absolute atomic E-state index is 0.653. The topological polar surface area (TPSA) is 56.3 Å². The maximum atomic E-state index is 5.59. The molecule has 6 heteroatoms. The molecule has 2 aromatic heterocycles. The third-order valence-corrected chi connectivity index (χ3v) is 5.74. The molecule has 5 nitrogen and oxygen atoms in total. The normalized spacial score (nSPS) is 10.9. The minimum Gasteiger partial charge on any atom is -0.495 e. The SMILES string of the molecule is CCOc1ccc(-c2c(C)sc3ncnc(Nc4cc(C)ccc4OC)c23)cc1. The molecule has 148 valence electrons. The highest BCUT2D eigenvalue weighted by Gasteiger charge is 2.18. The van der Waals surface area contributed by atoms with Gasteiger partial charge in [-0.05, 0) is 56.2 Å². The van der Waals surface area contributed by atoms with Crippen LogP contribution in [0.3, 0.4) is 0 Å². The largest absolute Gasteiger partial charge is 0.495 e. The second kappa shape index (κ2) is 8.09. The zero-order valence-electron chi connectivity index (χ0n) is 16.9. The fourth-order valence-corrected chi connectivity index (χ4v) is 4.43. The van der Waals surface area contributed by atoms with Crippen molar-refractivity contribution in [1.29, 1.82) is 0 Å². The molecule has 0 bridgehead atoms. The van der Waals surface area contributed by atoms with Crippen LogP contribution in [0, 0.1) is 13.8 Å². The van der Waals surface area contributed by atoms with E-state index in [1.54, 1.807) is 24.8 Å². The van der Waals surface area contributed by atoms with E-state index in [1.165, 1.54) is 4.88 Å². The Hall–Kier alpha value is -3.12. The van der Waals surface area contributed by atoms with Gasteiger partial charge in [0.15, 0.2) is 0 Å². The van der Waals surface area contributed by atoms with Crippen molar-refractivity contribution in [2.75, 3.05) is 19.0 Å². The maximum absolute atomic E-state index is 5.59. The molecule has 2 aromatic carbocycles. The average Bonchev–Trinajstić information content (AvgIpc) is 3.06. The van der Waals surface area contributed by atoms with Crippen LogP contribution in [0.15, 0.2) is 48.8 Å². The van der Waals surface area contributed by atoms with E-state index >= 15 is 0 Å². The first-order valence-electron chi connectivity index (χ1n) is 9.49. The molecule has 0 aliphatic heterocycles. The molecule has 0 aliphatic carbocycles. The fourth-order valence-electron chi connectivity index (χ4n) is 3.42. The van der Waals surface area contributed by atoms with Crippen LogP contribution in [0.4, 0.5) is 11.5 Å². The Morgan fingerprint density at radius 1 is 1.03 bits per heavy atom. The smallest absolute Gasteiger partial charge is 0.143 e. The molecular formula is C23H23N3O2S. The van der Waals surface area contributed by atoms with Gasteiger partial charge in [0.05, 0.1) is 24.8 Å². The van der Waals surface area contributed by atoms with E-state index in [4.69, 9.17) is 9.47 Å². The molecule has 29 heavy (non-hydrogen) atoms. The molecule has 0 fully saturated rings. The highest BCUT2D eigenvalue weighted by molar-refractivity contribution is 7.19. The van der Waals surface area contributed by atoms with Gasteiger partial charge in [0.25, 0.3) is 0 Å². The predicted octanol–water partition coefficient (Wildman–Crippen LogP) is 6.13. The molecule has 0 spiro atoms. The molecule has 2 heterocycles. The van der Waals surface area contributed by atoms with Gasteiger partial charge in [-0.25, -0.2) is 9.97 Å². The van der Waals surface area contributed by atoms with Gasteiger partial charge in [0.1, 0.15) is 28.5 Å². The van der Waals surface area contributed by atoms with E-state index < -0.39 is 0 Å². The van der Waals surface area contributed by atoms with Crippen LogP contribution < -0.4 is 14.8 Å². The van der Waals surface area contributed by atoms with Crippen LogP contribution in [0.5, 0.6) is 11.5 Å². The Bertz CT molecular complexity index is 1150. The summed E-state index contributed by atoms with van der Waals surface area (Å²) in [6.07, 6.45) is 1.60. The molecule has 0 amide bonds. The number of hydrogen-bond donors (Lipinski definition) is 1. The number of fused-ring (bicyclic) bond motifs is 1. The van der Waals surface area contributed by atoms with Crippen molar-refractivity contribution in [1.82, 2.24) is 9.97 Å². The lowest BCUT2D eigenvalue weighted by Crippen LogP contribution is -1.98. The molecule has 4 rings (SSSR count). The lowest BCUT2D eigenvalue weighted by atomic mass is 10.0. The van der Waals surface area contributed by atoms with Crippen molar-refractivity contribution in [2.45, 2.75) is 20.8 Å². The van der Waals surface area contributed by atoms with Crippen LogP contribution >= 0.6 is 11.3 Å². The zero-order chi connectivity index (χ0) is 20.4. The van der Waals surface area contributed by atoms with Gasteiger partial charge < -0.3 is 14.8 Å². The van der Waals surface area contributed by atoms with Gasteiger partial charge >= 0.3 is 0 Å². The molecule has 0 unspecified atom stereocenters. The number of nitrogens with zero attached hydrogens (tertiary/aromatic N) is 2. The quantitative estimate of drug-likeness (QED) is 0.418. The van der Waals surface area contributed by atoms with E-state index in [2.05, 4.69) is 47.3 Å². The van der Waals surface area contributed by atoms with Crippen molar-refractivity contribution in [3.05, 3.63) is 59.2 Å². The molecular weight excluding hydrogens is 382 g/mol. The first kappa shape index (κ1) is 19.2. The number of hydrogen-bond acceptors (Lipinski definition) is 6. The van der Waals surface area contributed by atoms with Crippen LogP contribution in [0.1, 0.15) is 17.4 Å². The molecule has 0 saturated carbocycles. The van der Waals surface area contributed by atoms with Gasteiger partial charge in [-0.15, -0.1) is 11.3 Å². The van der Waals surface area contributed by atoms with Crippen molar-refractivity contribution >= 4 is 33.1 Å². The molecule has 4 aromatic rings. The molecule has 0 radical (unpaired) electrons. The predicted molar refractivity (Wildman–Crippen MR) is 120 cm³/mol. The molecule has 0 aliphatic rings. The monoisotopic (exact) mass is 405 g/mol. The van der Waals surface area contributed by atoms with E-state index in [0.29, 0.717) is 6.61 Å². The summed E-state index contributed by atoms with van der Waals surface area (Å²) in [4.78, 5) is 11.2. The number of anilines is 2. The molecule has 1 N–H and O–H groups in total. The van der Waals surface area contributed by atoms with Crippen LogP contribution in [0.2, 0.25) is 0 Å². The van der Waals surface area contributed by atoms with Gasteiger partial charge in [-0.1, -0.05) is 18.2 Å².